The Morgan fingerprint density at radius 3 is 2.68 bits per heavy atom. The van der Waals surface area contributed by atoms with Crippen molar-refractivity contribution in [3.8, 4) is 6.07 Å². The minimum absolute atomic E-state index is 0.610. The second-order valence-electron chi connectivity index (χ2n) is 5.49. The lowest BCUT2D eigenvalue weighted by Crippen LogP contribution is -2.30. The Bertz CT molecular complexity index is 698. The Morgan fingerprint density at radius 2 is 1.91 bits per heavy atom. The molecule has 112 valence electrons. The van der Waals surface area contributed by atoms with Crippen LogP contribution in [0, 0.1) is 18.3 Å². The summed E-state index contributed by atoms with van der Waals surface area (Å²) >= 11 is 0. The molecule has 0 unspecified atom stereocenters. The Morgan fingerprint density at radius 1 is 1.14 bits per heavy atom. The topological polar surface area (TPSA) is 64.8 Å². The maximum absolute atomic E-state index is 9.18. The molecule has 1 aromatic carbocycles. The summed E-state index contributed by atoms with van der Waals surface area (Å²) in [4.78, 5) is 11.3. The highest BCUT2D eigenvalue weighted by atomic mass is 15.2. The van der Waals surface area contributed by atoms with E-state index in [1.165, 1.54) is 19.3 Å². The molecule has 1 aromatic heterocycles. The fourth-order valence-corrected chi connectivity index (χ4v) is 2.73. The molecule has 0 atom stereocenters. The van der Waals surface area contributed by atoms with Gasteiger partial charge in [0.05, 0.1) is 11.3 Å². The zero-order valence-electron chi connectivity index (χ0n) is 12.7. The molecule has 0 amide bonds. The van der Waals surface area contributed by atoms with Crippen LogP contribution in [0.25, 0.3) is 0 Å². The van der Waals surface area contributed by atoms with E-state index < -0.39 is 0 Å². The number of rotatable bonds is 3. The van der Waals surface area contributed by atoms with Gasteiger partial charge in [-0.05, 0) is 38.3 Å². The van der Waals surface area contributed by atoms with Gasteiger partial charge in [0, 0.05) is 19.2 Å². The van der Waals surface area contributed by atoms with Gasteiger partial charge in [0.1, 0.15) is 23.5 Å². The lowest BCUT2D eigenvalue weighted by atomic mass is 10.1. The van der Waals surface area contributed by atoms with Crippen LogP contribution in [0.2, 0.25) is 0 Å². The van der Waals surface area contributed by atoms with Gasteiger partial charge in [-0.1, -0.05) is 12.1 Å². The van der Waals surface area contributed by atoms with Gasteiger partial charge in [-0.25, -0.2) is 9.97 Å². The molecular formula is C17H19N5. The van der Waals surface area contributed by atoms with E-state index in [1.807, 2.05) is 31.2 Å². The molecule has 22 heavy (non-hydrogen) atoms. The van der Waals surface area contributed by atoms with Gasteiger partial charge < -0.3 is 10.2 Å². The fraction of sp³-hybridized carbons (Fsp3) is 0.353. The smallest absolute Gasteiger partial charge is 0.136 e. The van der Waals surface area contributed by atoms with Crippen LogP contribution in [-0.2, 0) is 0 Å². The molecule has 1 aliphatic rings. The second kappa shape index (κ2) is 6.44. The largest absolute Gasteiger partial charge is 0.356 e. The number of para-hydroxylation sites is 1. The quantitative estimate of drug-likeness (QED) is 0.939. The number of piperidine rings is 1. The van der Waals surface area contributed by atoms with Gasteiger partial charge in [-0.15, -0.1) is 0 Å². The summed E-state index contributed by atoms with van der Waals surface area (Å²) in [6.45, 7) is 3.99. The van der Waals surface area contributed by atoms with E-state index in [9.17, 15) is 5.26 Å². The Kier molecular flexibility index (Phi) is 4.19. The third kappa shape index (κ3) is 3.17. The first-order chi connectivity index (χ1) is 10.8. The van der Waals surface area contributed by atoms with Crippen molar-refractivity contribution in [2.75, 3.05) is 23.3 Å². The first-order valence-electron chi connectivity index (χ1n) is 7.63. The van der Waals surface area contributed by atoms with Crippen molar-refractivity contribution in [1.82, 2.24) is 9.97 Å². The second-order valence-corrected chi connectivity index (χ2v) is 5.49. The van der Waals surface area contributed by atoms with Crippen molar-refractivity contribution in [3.05, 3.63) is 41.7 Å². The molecule has 5 heteroatoms. The molecule has 0 bridgehead atoms. The highest BCUT2D eigenvalue weighted by molar-refractivity contribution is 5.66. The molecule has 0 aliphatic carbocycles. The van der Waals surface area contributed by atoms with E-state index in [0.29, 0.717) is 5.56 Å². The van der Waals surface area contributed by atoms with Crippen molar-refractivity contribution in [3.63, 3.8) is 0 Å². The molecule has 5 nitrogen and oxygen atoms in total. The summed E-state index contributed by atoms with van der Waals surface area (Å²) in [6, 6.07) is 11.6. The van der Waals surface area contributed by atoms with E-state index in [0.717, 1.165) is 36.2 Å². The average molecular weight is 293 g/mol. The molecule has 3 rings (SSSR count). The zero-order valence-corrected chi connectivity index (χ0v) is 12.7. The molecule has 2 aromatic rings. The zero-order chi connectivity index (χ0) is 15.4. The first-order valence-corrected chi connectivity index (χ1v) is 7.63. The Balaban J connectivity index is 1.88. The van der Waals surface area contributed by atoms with Gasteiger partial charge in [-0.3, -0.25) is 0 Å². The monoisotopic (exact) mass is 293 g/mol. The van der Waals surface area contributed by atoms with E-state index in [1.54, 1.807) is 6.07 Å². The van der Waals surface area contributed by atoms with E-state index in [-0.39, 0.29) is 0 Å². The normalized spacial score (nSPS) is 14.5. The molecule has 1 saturated heterocycles. The highest BCUT2D eigenvalue weighted by Gasteiger charge is 2.14. The van der Waals surface area contributed by atoms with Crippen LogP contribution in [0.1, 0.15) is 30.7 Å². The standard InChI is InChI=1S/C17H19N5/c1-13-19-16(21-15-8-4-3-7-14(15)12-18)11-17(20-13)22-9-5-2-6-10-22/h3-4,7-8,11H,2,5-6,9-10H2,1H3,(H,19,20,21). The minimum atomic E-state index is 0.610. The SMILES string of the molecule is Cc1nc(Nc2ccccc2C#N)cc(N2CCCCC2)n1. The molecule has 2 heterocycles. The Hall–Kier alpha value is -2.61. The number of nitrogens with one attached hydrogen (secondary N) is 1. The van der Waals surface area contributed by atoms with Crippen LogP contribution >= 0.6 is 0 Å². The first kappa shape index (κ1) is 14.3. The predicted octanol–water partition coefficient (Wildman–Crippen LogP) is 3.39. The number of hydrogen-bond donors (Lipinski definition) is 1. The van der Waals surface area contributed by atoms with Crippen molar-refractivity contribution >= 4 is 17.3 Å². The molecule has 1 aliphatic heterocycles. The third-order valence-corrected chi connectivity index (χ3v) is 3.81. The summed E-state index contributed by atoms with van der Waals surface area (Å²) in [5.74, 6) is 2.43. The van der Waals surface area contributed by atoms with Gasteiger partial charge in [0.2, 0.25) is 0 Å². The number of aromatic nitrogens is 2. The summed E-state index contributed by atoms with van der Waals surface area (Å²) in [5, 5.41) is 12.4. The van der Waals surface area contributed by atoms with Gasteiger partial charge >= 0.3 is 0 Å². The highest BCUT2D eigenvalue weighted by Crippen LogP contribution is 2.24. The number of aryl methyl sites for hydroxylation is 1. The number of hydrogen-bond acceptors (Lipinski definition) is 5. The van der Waals surface area contributed by atoms with Crippen LogP contribution in [-0.4, -0.2) is 23.1 Å². The molecule has 0 spiro atoms. The van der Waals surface area contributed by atoms with Crippen LogP contribution in [0.5, 0.6) is 0 Å². The van der Waals surface area contributed by atoms with Crippen LogP contribution in [0.4, 0.5) is 17.3 Å². The number of nitriles is 1. The Labute approximate surface area is 130 Å². The maximum atomic E-state index is 9.18. The van der Waals surface area contributed by atoms with E-state index in [4.69, 9.17) is 0 Å². The van der Waals surface area contributed by atoms with E-state index in [2.05, 4.69) is 26.3 Å². The van der Waals surface area contributed by atoms with Gasteiger partial charge in [0.15, 0.2) is 0 Å². The molecule has 0 saturated carbocycles. The molecule has 1 N–H and O–H groups in total. The average Bonchev–Trinajstić information content (AvgIpc) is 2.56. The fourth-order valence-electron chi connectivity index (χ4n) is 2.73. The minimum Gasteiger partial charge on any atom is -0.356 e. The number of nitrogens with zero attached hydrogens (tertiary/aromatic N) is 4. The van der Waals surface area contributed by atoms with Crippen molar-refractivity contribution in [1.29, 1.82) is 5.26 Å². The predicted molar refractivity (Wildman–Crippen MR) is 87.3 cm³/mol. The van der Waals surface area contributed by atoms with Gasteiger partial charge in [-0.2, -0.15) is 5.26 Å². The van der Waals surface area contributed by atoms with Crippen molar-refractivity contribution in [2.45, 2.75) is 26.2 Å². The van der Waals surface area contributed by atoms with Crippen LogP contribution in [0.15, 0.2) is 30.3 Å². The van der Waals surface area contributed by atoms with Crippen molar-refractivity contribution in [2.24, 2.45) is 0 Å². The van der Waals surface area contributed by atoms with Gasteiger partial charge in [0.25, 0.3) is 0 Å². The summed E-state index contributed by atoms with van der Waals surface area (Å²) in [5.41, 5.74) is 1.38. The molecular weight excluding hydrogens is 274 g/mol. The summed E-state index contributed by atoms with van der Waals surface area (Å²) in [6.07, 6.45) is 3.72. The molecule has 0 radical (unpaired) electrons. The number of benzene rings is 1. The van der Waals surface area contributed by atoms with E-state index >= 15 is 0 Å². The lowest BCUT2D eigenvalue weighted by Gasteiger charge is -2.28. The summed E-state index contributed by atoms with van der Waals surface area (Å²) < 4.78 is 0. The number of anilines is 3. The maximum Gasteiger partial charge on any atom is 0.136 e. The van der Waals surface area contributed by atoms with Crippen molar-refractivity contribution < 1.29 is 0 Å². The van der Waals surface area contributed by atoms with Crippen LogP contribution in [0.3, 0.4) is 0 Å². The summed E-state index contributed by atoms with van der Waals surface area (Å²) in [7, 11) is 0. The van der Waals surface area contributed by atoms with Crippen LogP contribution < -0.4 is 10.2 Å². The molecule has 1 fully saturated rings. The third-order valence-electron chi connectivity index (χ3n) is 3.81. The lowest BCUT2D eigenvalue weighted by molar-refractivity contribution is 0.572.